The van der Waals surface area contributed by atoms with Gasteiger partial charge in [0.15, 0.2) is 0 Å². The molecule has 1 heterocycles. The lowest BCUT2D eigenvalue weighted by atomic mass is 9.83. The van der Waals surface area contributed by atoms with Crippen molar-refractivity contribution < 1.29 is 13.2 Å². The number of halogens is 3. The van der Waals surface area contributed by atoms with Crippen molar-refractivity contribution in [2.75, 3.05) is 13.1 Å². The molecule has 1 aliphatic carbocycles. The Labute approximate surface area is 94.0 Å². The molecule has 5 heteroatoms. The van der Waals surface area contributed by atoms with E-state index in [1.807, 2.05) is 0 Å². The van der Waals surface area contributed by atoms with Crippen molar-refractivity contribution in [3.05, 3.63) is 0 Å². The number of nitrogens with one attached hydrogen (secondary N) is 2. The predicted octanol–water partition coefficient (Wildman–Crippen LogP) is 2.06. The van der Waals surface area contributed by atoms with Gasteiger partial charge in [-0.25, -0.2) is 0 Å². The van der Waals surface area contributed by atoms with Gasteiger partial charge in [-0.05, 0) is 25.8 Å². The van der Waals surface area contributed by atoms with Crippen LogP contribution >= 0.6 is 0 Å². The lowest BCUT2D eigenvalue weighted by molar-refractivity contribution is -0.189. The molecule has 2 rings (SSSR count). The van der Waals surface area contributed by atoms with E-state index >= 15 is 0 Å². The van der Waals surface area contributed by atoms with Gasteiger partial charge in [0.1, 0.15) is 0 Å². The molecule has 0 bridgehead atoms. The molecular weight excluding hydrogens is 217 g/mol. The summed E-state index contributed by atoms with van der Waals surface area (Å²) in [5, 5.41) is 6.36. The highest BCUT2D eigenvalue weighted by Crippen LogP contribution is 2.37. The van der Waals surface area contributed by atoms with Crippen molar-refractivity contribution in [2.45, 2.75) is 50.4 Å². The van der Waals surface area contributed by atoms with Crippen molar-refractivity contribution in [1.82, 2.24) is 10.6 Å². The van der Waals surface area contributed by atoms with E-state index in [0.717, 1.165) is 25.9 Å². The van der Waals surface area contributed by atoms with Gasteiger partial charge >= 0.3 is 6.18 Å². The minimum absolute atomic E-state index is 0.230. The second-order valence-corrected chi connectivity index (χ2v) is 4.90. The summed E-state index contributed by atoms with van der Waals surface area (Å²) in [5.41, 5.74) is 0. The summed E-state index contributed by atoms with van der Waals surface area (Å²) >= 11 is 0. The first-order valence-corrected chi connectivity index (χ1v) is 6.11. The van der Waals surface area contributed by atoms with Crippen LogP contribution in [0.4, 0.5) is 13.2 Å². The lowest BCUT2D eigenvalue weighted by Crippen LogP contribution is -2.49. The van der Waals surface area contributed by atoms with E-state index < -0.39 is 12.1 Å². The minimum atomic E-state index is -4.04. The Kier molecular flexibility index (Phi) is 3.74. The van der Waals surface area contributed by atoms with Crippen LogP contribution in [0.3, 0.4) is 0 Å². The largest absolute Gasteiger partial charge is 0.393 e. The summed E-state index contributed by atoms with van der Waals surface area (Å²) in [6, 6.07) is -0.133. The van der Waals surface area contributed by atoms with Gasteiger partial charge in [-0.3, -0.25) is 0 Å². The van der Waals surface area contributed by atoms with Crippen LogP contribution in [0.25, 0.3) is 0 Å². The predicted molar refractivity (Wildman–Crippen MR) is 56.2 cm³/mol. The molecule has 0 aromatic rings. The zero-order valence-electron chi connectivity index (χ0n) is 9.32. The summed E-state index contributed by atoms with van der Waals surface area (Å²) in [7, 11) is 0. The van der Waals surface area contributed by atoms with Crippen LogP contribution < -0.4 is 10.6 Å². The molecule has 1 saturated carbocycles. The van der Waals surface area contributed by atoms with Gasteiger partial charge < -0.3 is 10.6 Å². The number of hydrogen-bond donors (Lipinski definition) is 2. The fraction of sp³-hybridized carbons (Fsp3) is 1.00. The van der Waals surface area contributed by atoms with Crippen molar-refractivity contribution >= 4 is 0 Å². The third kappa shape index (κ3) is 2.88. The summed E-state index contributed by atoms with van der Waals surface area (Å²) in [6.45, 7) is 1.72. The van der Waals surface area contributed by atoms with Gasteiger partial charge in [-0.15, -0.1) is 0 Å². The molecule has 2 aliphatic rings. The fourth-order valence-electron chi connectivity index (χ4n) is 2.82. The molecule has 0 amide bonds. The van der Waals surface area contributed by atoms with Crippen molar-refractivity contribution in [2.24, 2.45) is 5.92 Å². The average molecular weight is 236 g/mol. The Morgan fingerprint density at radius 3 is 2.44 bits per heavy atom. The van der Waals surface area contributed by atoms with Crippen molar-refractivity contribution in [3.8, 4) is 0 Å². The summed E-state index contributed by atoms with van der Waals surface area (Å²) in [4.78, 5) is 0. The molecule has 94 valence electrons. The van der Waals surface area contributed by atoms with Crippen LogP contribution in [0.1, 0.15) is 32.1 Å². The van der Waals surface area contributed by atoms with Crippen LogP contribution in [0, 0.1) is 5.92 Å². The first-order chi connectivity index (χ1) is 7.57. The van der Waals surface area contributed by atoms with E-state index in [1.165, 1.54) is 0 Å². The Balaban J connectivity index is 1.93. The zero-order valence-corrected chi connectivity index (χ0v) is 9.32. The molecule has 16 heavy (non-hydrogen) atoms. The molecule has 2 nitrogen and oxygen atoms in total. The maximum Gasteiger partial charge on any atom is 0.393 e. The highest BCUT2D eigenvalue weighted by molar-refractivity contribution is 4.89. The molecule has 1 saturated heterocycles. The molecular formula is C11H19F3N2. The Bertz CT molecular complexity index is 224. The highest BCUT2D eigenvalue weighted by Gasteiger charge is 2.45. The lowest BCUT2D eigenvalue weighted by Gasteiger charge is -2.35. The van der Waals surface area contributed by atoms with E-state index in [2.05, 4.69) is 10.6 Å². The topological polar surface area (TPSA) is 24.1 Å². The van der Waals surface area contributed by atoms with Crippen LogP contribution in [-0.4, -0.2) is 31.3 Å². The standard InChI is InChI=1S/C11H19F3N2/c12-11(13,14)9-3-1-2-4-10(9)16-8-5-6-15-7-8/h8-10,15-16H,1-7H2. The van der Waals surface area contributed by atoms with Crippen molar-refractivity contribution in [3.63, 3.8) is 0 Å². The summed E-state index contributed by atoms with van der Waals surface area (Å²) in [6.07, 6.45) is -0.497. The van der Waals surface area contributed by atoms with Gasteiger partial charge in [0.2, 0.25) is 0 Å². The van der Waals surface area contributed by atoms with Crippen LogP contribution in [0.2, 0.25) is 0 Å². The van der Waals surface area contributed by atoms with Crippen LogP contribution in [-0.2, 0) is 0 Å². The number of alkyl halides is 3. The van der Waals surface area contributed by atoms with Gasteiger partial charge in [-0.2, -0.15) is 13.2 Å². The quantitative estimate of drug-likeness (QED) is 0.767. The third-order valence-corrected chi connectivity index (χ3v) is 3.70. The molecule has 1 aliphatic heterocycles. The SMILES string of the molecule is FC(F)(F)C1CCCCC1NC1CCNC1. The molecule has 3 atom stereocenters. The summed E-state index contributed by atoms with van der Waals surface area (Å²) < 4.78 is 38.4. The molecule has 0 radical (unpaired) electrons. The van der Waals surface area contributed by atoms with E-state index in [-0.39, 0.29) is 12.1 Å². The van der Waals surface area contributed by atoms with Gasteiger partial charge in [0, 0.05) is 18.6 Å². The molecule has 0 spiro atoms. The molecule has 0 aromatic carbocycles. The Hall–Kier alpha value is -0.290. The van der Waals surface area contributed by atoms with E-state index in [1.54, 1.807) is 0 Å². The van der Waals surface area contributed by atoms with E-state index in [4.69, 9.17) is 0 Å². The van der Waals surface area contributed by atoms with Gasteiger partial charge in [0.05, 0.1) is 5.92 Å². The summed E-state index contributed by atoms with van der Waals surface area (Å²) in [5.74, 6) is -1.14. The molecule has 2 N–H and O–H groups in total. The Morgan fingerprint density at radius 2 is 1.81 bits per heavy atom. The normalized spacial score (nSPS) is 36.6. The first kappa shape index (κ1) is 12.2. The van der Waals surface area contributed by atoms with Gasteiger partial charge in [0.25, 0.3) is 0 Å². The second kappa shape index (κ2) is 4.92. The zero-order chi connectivity index (χ0) is 11.6. The number of rotatable bonds is 2. The number of hydrogen-bond acceptors (Lipinski definition) is 2. The Morgan fingerprint density at radius 1 is 1.06 bits per heavy atom. The van der Waals surface area contributed by atoms with Crippen LogP contribution in [0.15, 0.2) is 0 Å². The van der Waals surface area contributed by atoms with Crippen molar-refractivity contribution in [1.29, 1.82) is 0 Å². The van der Waals surface area contributed by atoms with Gasteiger partial charge in [-0.1, -0.05) is 12.8 Å². The molecule has 0 aromatic heterocycles. The molecule has 3 unspecified atom stereocenters. The van der Waals surface area contributed by atoms with E-state index in [0.29, 0.717) is 19.3 Å². The maximum absolute atomic E-state index is 12.8. The minimum Gasteiger partial charge on any atom is -0.315 e. The van der Waals surface area contributed by atoms with Crippen LogP contribution in [0.5, 0.6) is 0 Å². The second-order valence-electron chi connectivity index (χ2n) is 4.90. The third-order valence-electron chi connectivity index (χ3n) is 3.70. The highest BCUT2D eigenvalue weighted by atomic mass is 19.4. The first-order valence-electron chi connectivity index (χ1n) is 6.11. The average Bonchev–Trinajstić information content (AvgIpc) is 2.70. The smallest absolute Gasteiger partial charge is 0.315 e. The maximum atomic E-state index is 12.8. The molecule has 2 fully saturated rings. The fourth-order valence-corrected chi connectivity index (χ4v) is 2.82. The van der Waals surface area contributed by atoms with E-state index in [9.17, 15) is 13.2 Å². The monoisotopic (exact) mass is 236 g/mol.